The number of hydrogen-bond acceptors (Lipinski definition) is 2. The van der Waals surface area contributed by atoms with Crippen LogP contribution in [0.15, 0.2) is 4.99 Å². The smallest absolute Gasteiger partial charge is 0.211 e. The summed E-state index contributed by atoms with van der Waals surface area (Å²) < 4.78 is 0. The zero-order valence-electron chi connectivity index (χ0n) is 24.8. The van der Waals surface area contributed by atoms with Crippen LogP contribution in [-0.2, 0) is 4.79 Å². The van der Waals surface area contributed by atoms with Gasteiger partial charge in [0.05, 0.1) is 6.54 Å². The van der Waals surface area contributed by atoms with Gasteiger partial charge in [-0.15, -0.1) is 22.2 Å². The number of halogens is 2. The molecule has 0 aromatic carbocycles. The van der Waals surface area contributed by atoms with E-state index in [1.165, 1.54) is 173 Å². The standard InChI is InChI=1S/C32H63Cl2NOSi/c1-37(33,34)31-29-27-25-23-21-19-17-15-13-11-9-7-5-3-2-4-6-8-10-12-14-16-18-20-22-24-26-28-30-35-32-36/h2-31H2,1H3. The molecular weight excluding hydrogens is 513 g/mol. The van der Waals surface area contributed by atoms with Gasteiger partial charge in [-0.3, -0.25) is 0 Å². The van der Waals surface area contributed by atoms with E-state index >= 15 is 0 Å². The van der Waals surface area contributed by atoms with Crippen molar-refractivity contribution >= 4 is 34.9 Å². The van der Waals surface area contributed by atoms with Crippen molar-refractivity contribution in [3.63, 3.8) is 0 Å². The average molecular weight is 577 g/mol. The minimum absolute atomic E-state index is 0.665. The van der Waals surface area contributed by atoms with Crippen LogP contribution < -0.4 is 0 Å². The predicted molar refractivity (Wildman–Crippen MR) is 170 cm³/mol. The van der Waals surface area contributed by atoms with Crippen LogP contribution in [0.5, 0.6) is 0 Å². The van der Waals surface area contributed by atoms with Crippen molar-refractivity contribution in [1.82, 2.24) is 0 Å². The van der Waals surface area contributed by atoms with E-state index < -0.39 is 6.69 Å². The first-order chi connectivity index (χ1) is 18.1. The van der Waals surface area contributed by atoms with E-state index in [0.717, 1.165) is 12.5 Å². The van der Waals surface area contributed by atoms with Crippen molar-refractivity contribution in [3.05, 3.63) is 0 Å². The van der Waals surface area contributed by atoms with Gasteiger partial charge in [0.1, 0.15) is 0 Å². The number of aliphatic imine (C=N–C) groups is 1. The molecule has 0 amide bonds. The van der Waals surface area contributed by atoms with E-state index in [2.05, 4.69) is 4.99 Å². The van der Waals surface area contributed by atoms with Crippen molar-refractivity contribution in [2.75, 3.05) is 6.54 Å². The molecule has 0 rings (SSSR count). The van der Waals surface area contributed by atoms with Gasteiger partial charge in [-0.2, -0.15) is 0 Å². The molecular formula is C32H63Cl2NOSi. The topological polar surface area (TPSA) is 29.4 Å². The van der Waals surface area contributed by atoms with Crippen molar-refractivity contribution in [3.8, 4) is 0 Å². The van der Waals surface area contributed by atoms with Crippen LogP contribution in [-0.4, -0.2) is 19.3 Å². The summed E-state index contributed by atoms with van der Waals surface area (Å²) >= 11 is 12.3. The van der Waals surface area contributed by atoms with Gasteiger partial charge in [0, 0.05) is 0 Å². The maximum Gasteiger partial charge on any atom is 0.248 e. The summed E-state index contributed by atoms with van der Waals surface area (Å²) in [6.07, 6.45) is 40.6. The lowest BCUT2D eigenvalue weighted by atomic mass is 10.0. The molecule has 37 heavy (non-hydrogen) atoms. The lowest BCUT2D eigenvalue weighted by Crippen LogP contribution is -2.11. The Morgan fingerprint density at radius 2 is 0.649 bits per heavy atom. The van der Waals surface area contributed by atoms with Crippen molar-refractivity contribution < 1.29 is 4.79 Å². The van der Waals surface area contributed by atoms with Gasteiger partial charge in [-0.25, -0.2) is 9.79 Å². The number of nitrogens with zero attached hydrogens (tertiary/aromatic N) is 1. The van der Waals surface area contributed by atoms with Gasteiger partial charge < -0.3 is 0 Å². The van der Waals surface area contributed by atoms with Crippen LogP contribution >= 0.6 is 22.2 Å². The van der Waals surface area contributed by atoms with E-state index in [4.69, 9.17) is 22.2 Å². The van der Waals surface area contributed by atoms with Crippen LogP contribution in [0.25, 0.3) is 0 Å². The minimum atomic E-state index is -1.84. The Labute approximate surface area is 243 Å². The quantitative estimate of drug-likeness (QED) is 0.0265. The minimum Gasteiger partial charge on any atom is -0.211 e. The highest BCUT2D eigenvalue weighted by Gasteiger charge is 2.19. The van der Waals surface area contributed by atoms with Gasteiger partial charge in [-0.1, -0.05) is 173 Å². The molecule has 0 saturated carbocycles. The zero-order chi connectivity index (χ0) is 27.1. The number of unbranched alkanes of at least 4 members (excludes halogenated alkanes) is 27. The Morgan fingerprint density at radius 3 is 0.865 bits per heavy atom. The van der Waals surface area contributed by atoms with Gasteiger partial charge in [-0.05, 0) is 19.0 Å². The molecule has 0 spiro atoms. The fourth-order valence-corrected chi connectivity index (χ4v) is 6.94. The second-order valence-electron chi connectivity index (χ2n) is 11.7. The molecule has 0 N–H and O–H groups in total. The van der Waals surface area contributed by atoms with Gasteiger partial charge in [0.15, 0.2) is 0 Å². The first-order valence-electron chi connectivity index (χ1n) is 16.5. The molecule has 0 aromatic rings. The summed E-state index contributed by atoms with van der Waals surface area (Å²) in [5, 5.41) is 0. The normalized spacial score (nSPS) is 11.6. The molecule has 0 bridgehead atoms. The molecule has 2 nitrogen and oxygen atoms in total. The molecule has 0 atom stereocenters. The lowest BCUT2D eigenvalue weighted by Gasteiger charge is -2.09. The fourth-order valence-electron chi connectivity index (χ4n) is 5.27. The zero-order valence-corrected chi connectivity index (χ0v) is 27.3. The first kappa shape index (κ1) is 37.2. The summed E-state index contributed by atoms with van der Waals surface area (Å²) in [4.78, 5) is 13.6. The van der Waals surface area contributed by atoms with E-state index in [-0.39, 0.29) is 0 Å². The second-order valence-corrected chi connectivity index (χ2v) is 19.9. The molecule has 5 heteroatoms. The third-order valence-corrected chi connectivity index (χ3v) is 10.1. The molecule has 0 aliphatic rings. The molecule has 0 unspecified atom stereocenters. The van der Waals surface area contributed by atoms with Crippen LogP contribution in [0.3, 0.4) is 0 Å². The molecule has 0 fully saturated rings. The summed E-state index contributed by atoms with van der Waals surface area (Å²) in [7, 11) is 0. The van der Waals surface area contributed by atoms with Gasteiger partial charge >= 0.3 is 0 Å². The van der Waals surface area contributed by atoms with E-state index in [1.807, 2.05) is 6.55 Å². The van der Waals surface area contributed by atoms with E-state index in [0.29, 0.717) is 6.54 Å². The molecule has 0 saturated heterocycles. The van der Waals surface area contributed by atoms with Crippen LogP contribution in [0, 0.1) is 0 Å². The van der Waals surface area contributed by atoms with Crippen LogP contribution in [0.2, 0.25) is 12.6 Å². The molecule has 0 radical (unpaired) electrons. The van der Waals surface area contributed by atoms with Crippen LogP contribution in [0.1, 0.15) is 180 Å². The maximum absolute atomic E-state index is 9.98. The molecule has 0 aromatic heterocycles. The summed E-state index contributed by atoms with van der Waals surface area (Å²) in [5.74, 6) is 0. The van der Waals surface area contributed by atoms with E-state index in [1.54, 1.807) is 6.08 Å². The highest BCUT2D eigenvalue weighted by atomic mass is 35.7. The third kappa shape index (κ3) is 36.2. The molecule has 0 heterocycles. The largest absolute Gasteiger partial charge is 0.248 e. The Kier molecular flexibility index (Phi) is 30.9. The van der Waals surface area contributed by atoms with E-state index in [9.17, 15) is 4.79 Å². The van der Waals surface area contributed by atoms with Crippen molar-refractivity contribution in [2.45, 2.75) is 192 Å². The number of carbonyl (C=O) groups excluding carboxylic acids is 1. The first-order valence-corrected chi connectivity index (χ1v) is 21.2. The highest BCUT2D eigenvalue weighted by Crippen LogP contribution is 2.23. The maximum atomic E-state index is 9.98. The number of rotatable bonds is 31. The summed E-state index contributed by atoms with van der Waals surface area (Å²) in [5.41, 5.74) is 0. The Hall–Kier alpha value is 0.177. The van der Waals surface area contributed by atoms with Gasteiger partial charge in [0.2, 0.25) is 12.8 Å². The SMILES string of the molecule is C[Si](Cl)(Cl)CCCCCCCCCCCCCCCCCCCCCCCCCCCCCCN=C=O. The van der Waals surface area contributed by atoms with Crippen molar-refractivity contribution in [2.24, 2.45) is 4.99 Å². The highest BCUT2D eigenvalue weighted by molar-refractivity contribution is 7.44. The van der Waals surface area contributed by atoms with Crippen molar-refractivity contribution in [1.29, 1.82) is 0 Å². The van der Waals surface area contributed by atoms with Crippen LogP contribution in [0.4, 0.5) is 0 Å². The summed E-state index contributed by atoms with van der Waals surface area (Å²) in [6, 6.07) is 1.06. The lowest BCUT2D eigenvalue weighted by molar-refractivity contribution is 0.514. The Balaban J connectivity index is 3.05. The average Bonchev–Trinajstić information content (AvgIpc) is 2.86. The second kappa shape index (κ2) is 30.7. The monoisotopic (exact) mass is 575 g/mol. The number of hydrogen-bond donors (Lipinski definition) is 0. The van der Waals surface area contributed by atoms with Gasteiger partial charge in [0.25, 0.3) is 0 Å². The predicted octanol–water partition coefficient (Wildman–Crippen LogP) is 12.8. The third-order valence-electron chi connectivity index (χ3n) is 7.70. The summed E-state index contributed by atoms with van der Waals surface area (Å²) in [6.45, 7) is 0.856. The Morgan fingerprint density at radius 1 is 0.432 bits per heavy atom. The fraction of sp³-hybridized carbons (Fsp3) is 0.969. The molecule has 0 aliphatic heterocycles. The number of isocyanates is 1. The Bertz CT molecular complexity index is 492. The molecule has 0 aliphatic carbocycles. The molecule has 220 valence electrons.